The first-order valence-corrected chi connectivity index (χ1v) is 8.83. The average Bonchev–Trinajstić information content (AvgIpc) is 2.53. The standard InChI is InChI=1S/C17H20N2O4S/c1-11(2)15-10-14(7-8-16(15)23-3)24(21,22)19-13-6-4-5-12(9-13)17(18)20/h4-11,19H,1-3H3,(H2,18,20). The summed E-state index contributed by atoms with van der Waals surface area (Å²) in [5, 5.41) is 0. The maximum Gasteiger partial charge on any atom is 0.261 e. The summed E-state index contributed by atoms with van der Waals surface area (Å²) in [6.45, 7) is 3.91. The molecule has 24 heavy (non-hydrogen) atoms. The monoisotopic (exact) mass is 348 g/mol. The van der Waals surface area contributed by atoms with Crippen molar-refractivity contribution in [3.05, 3.63) is 53.6 Å². The molecule has 0 saturated carbocycles. The van der Waals surface area contributed by atoms with Gasteiger partial charge in [0, 0.05) is 11.3 Å². The Balaban J connectivity index is 2.39. The summed E-state index contributed by atoms with van der Waals surface area (Å²) in [7, 11) is -2.25. The molecular formula is C17H20N2O4S. The molecule has 2 aromatic carbocycles. The molecule has 6 nitrogen and oxygen atoms in total. The summed E-state index contributed by atoms with van der Waals surface area (Å²) in [4.78, 5) is 11.3. The van der Waals surface area contributed by atoms with E-state index in [9.17, 15) is 13.2 Å². The van der Waals surface area contributed by atoms with Gasteiger partial charge in [-0.1, -0.05) is 19.9 Å². The van der Waals surface area contributed by atoms with Crippen molar-refractivity contribution in [2.75, 3.05) is 11.8 Å². The lowest BCUT2D eigenvalue weighted by Crippen LogP contribution is -2.15. The van der Waals surface area contributed by atoms with Crippen molar-refractivity contribution in [2.45, 2.75) is 24.7 Å². The van der Waals surface area contributed by atoms with Crippen LogP contribution in [0.5, 0.6) is 5.75 Å². The Labute approximate surface area is 141 Å². The van der Waals surface area contributed by atoms with Crippen LogP contribution in [0.25, 0.3) is 0 Å². The molecule has 128 valence electrons. The molecule has 0 bridgehead atoms. The van der Waals surface area contributed by atoms with Gasteiger partial charge in [-0.2, -0.15) is 0 Å². The summed E-state index contributed by atoms with van der Waals surface area (Å²) in [5.41, 5.74) is 6.51. The van der Waals surface area contributed by atoms with Crippen molar-refractivity contribution < 1.29 is 17.9 Å². The van der Waals surface area contributed by atoms with Gasteiger partial charge in [0.15, 0.2) is 0 Å². The molecule has 0 atom stereocenters. The second kappa shape index (κ2) is 6.92. The minimum Gasteiger partial charge on any atom is -0.496 e. The fourth-order valence-corrected chi connectivity index (χ4v) is 3.37. The molecule has 0 aliphatic rings. The fourth-order valence-electron chi connectivity index (χ4n) is 2.28. The van der Waals surface area contributed by atoms with E-state index in [0.717, 1.165) is 5.56 Å². The van der Waals surface area contributed by atoms with Crippen LogP contribution < -0.4 is 15.2 Å². The van der Waals surface area contributed by atoms with Gasteiger partial charge in [-0.05, 0) is 47.9 Å². The topological polar surface area (TPSA) is 98.5 Å². The maximum atomic E-state index is 12.6. The van der Waals surface area contributed by atoms with Gasteiger partial charge in [0.25, 0.3) is 10.0 Å². The Kier molecular flexibility index (Phi) is 5.14. The molecule has 1 amide bonds. The summed E-state index contributed by atoms with van der Waals surface area (Å²) >= 11 is 0. The first-order valence-electron chi connectivity index (χ1n) is 7.35. The zero-order valence-electron chi connectivity index (χ0n) is 13.7. The van der Waals surface area contributed by atoms with E-state index in [-0.39, 0.29) is 22.1 Å². The smallest absolute Gasteiger partial charge is 0.261 e. The van der Waals surface area contributed by atoms with Gasteiger partial charge in [0.2, 0.25) is 5.91 Å². The van der Waals surface area contributed by atoms with Gasteiger partial charge in [0.05, 0.1) is 12.0 Å². The van der Waals surface area contributed by atoms with Crippen molar-refractivity contribution in [2.24, 2.45) is 5.73 Å². The van der Waals surface area contributed by atoms with Crippen LogP contribution in [-0.2, 0) is 10.0 Å². The third-order valence-electron chi connectivity index (χ3n) is 3.53. The fraction of sp³-hybridized carbons (Fsp3) is 0.235. The van der Waals surface area contributed by atoms with Gasteiger partial charge in [-0.15, -0.1) is 0 Å². The van der Waals surface area contributed by atoms with E-state index >= 15 is 0 Å². The zero-order valence-corrected chi connectivity index (χ0v) is 14.6. The maximum absolute atomic E-state index is 12.6. The number of benzene rings is 2. The van der Waals surface area contributed by atoms with E-state index in [1.54, 1.807) is 31.4 Å². The molecule has 0 aromatic heterocycles. The van der Waals surface area contributed by atoms with Crippen molar-refractivity contribution in [3.63, 3.8) is 0 Å². The number of methoxy groups -OCH3 is 1. The van der Waals surface area contributed by atoms with E-state index < -0.39 is 15.9 Å². The molecule has 0 aliphatic carbocycles. The molecule has 0 fully saturated rings. The van der Waals surface area contributed by atoms with Crippen LogP contribution in [0, 0.1) is 0 Å². The average molecular weight is 348 g/mol. The molecule has 2 aromatic rings. The molecule has 0 heterocycles. The van der Waals surface area contributed by atoms with Crippen LogP contribution in [0.2, 0.25) is 0 Å². The molecule has 0 radical (unpaired) electrons. The molecule has 0 spiro atoms. The predicted octanol–water partition coefficient (Wildman–Crippen LogP) is 2.72. The molecule has 0 saturated heterocycles. The third-order valence-corrected chi connectivity index (χ3v) is 4.91. The predicted molar refractivity (Wildman–Crippen MR) is 92.9 cm³/mol. The van der Waals surface area contributed by atoms with Crippen LogP contribution in [0.4, 0.5) is 5.69 Å². The van der Waals surface area contributed by atoms with Crippen LogP contribution in [0.3, 0.4) is 0 Å². The highest BCUT2D eigenvalue weighted by molar-refractivity contribution is 7.92. The lowest BCUT2D eigenvalue weighted by Gasteiger charge is -2.14. The summed E-state index contributed by atoms with van der Waals surface area (Å²) in [6, 6.07) is 10.7. The van der Waals surface area contributed by atoms with Crippen LogP contribution >= 0.6 is 0 Å². The van der Waals surface area contributed by atoms with Crippen molar-refractivity contribution in [1.29, 1.82) is 0 Å². The molecule has 0 unspecified atom stereocenters. The van der Waals surface area contributed by atoms with E-state index in [4.69, 9.17) is 10.5 Å². The van der Waals surface area contributed by atoms with Crippen molar-refractivity contribution >= 4 is 21.6 Å². The Morgan fingerprint density at radius 1 is 1.17 bits per heavy atom. The quantitative estimate of drug-likeness (QED) is 0.838. The van der Waals surface area contributed by atoms with Crippen molar-refractivity contribution in [3.8, 4) is 5.75 Å². The number of nitrogens with two attached hydrogens (primary N) is 1. The number of nitrogens with one attached hydrogen (secondary N) is 1. The molecule has 3 N–H and O–H groups in total. The first kappa shape index (κ1) is 17.8. The van der Waals surface area contributed by atoms with Crippen LogP contribution in [0.1, 0.15) is 35.7 Å². The summed E-state index contributed by atoms with van der Waals surface area (Å²) < 4.78 is 32.9. The highest BCUT2D eigenvalue weighted by Gasteiger charge is 2.18. The number of amides is 1. The van der Waals surface area contributed by atoms with Crippen molar-refractivity contribution in [1.82, 2.24) is 0 Å². The SMILES string of the molecule is COc1ccc(S(=O)(=O)Nc2cccc(C(N)=O)c2)cc1C(C)C. The Morgan fingerprint density at radius 3 is 2.46 bits per heavy atom. The van der Waals surface area contributed by atoms with E-state index in [2.05, 4.69) is 4.72 Å². The van der Waals surface area contributed by atoms with Crippen LogP contribution in [-0.4, -0.2) is 21.4 Å². The Hall–Kier alpha value is -2.54. The van der Waals surface area contributed by atoms with E-state index in [0.29, 0.717) is 5.75 Å². The minimum atomic E-state index is -3.79. The number of anilines is 1. The Bertz CT molecular complexity index is 861. The van der Waals surface area contributed by atoms with Gasteiger partial charge in [0.1, 0.15) is 5.75 Å². The summed E-state index contributed by atoms with van der Waals surface area (Å²) in [5.74, 6) is 0.121. The number of carbonyl (C=O) groups is 1. The number of hydrogen-bond acceptors (Lipinski definition) is 4. The van der Waals surface area contributed by atoms with Gasteiger partial charge >= 0.3 is 0 Å². The zero-order chi connectivity index (χ0) is 17.9. The molecule has 0 aliphatic heterocycles. The number of hydrogen-bond donors (Lipinski definition) is 2. The lowest BCUT2D eigenvalue weighted by molar-refractivity contribution is 0.100. The minimum absolute atomic E-state index is 0.105. The number of primary amides is 1. The number of sulfonamides is 1. The number of ether oxygens (including phenoxy) is 1. The number of rotatable bonds is 6. The lowest BCUT2D eigenvalue weighted by atomic mass is 10.0. The van der Waals surface area contributed by atoms with Gasteiger partial charge < -0.3 is 10.5 Å². The van der Waals surface area contributed by atoms with Gasteiger partial charge in [-0.25, -0.2) is 8.42 Å². The van der Waals surface area contributed by atoms with Gasteiger partial charge in [-0.3, -0.25) is 9.52 Å². The molecular weight excluding hydrogens is 328 g/mol. The molecule has 2 rings (SSSR count). The largest absolute Gasteiger partial charge is 0.496 e. The third kappa shape index (κ3) is 3.86. The summed E-state index contributed by atoms with van der Waals surface area (Å²) in [6.07, 6.45) is 0. The van der Waals surface area contributed by atoms with E-state index in [1.807, 2.05) is 13.8 Å². The number of carbonyl (C=O) groups excluding carboxylic acids is 1. The first-order chi connectivity index (χ1) is 11.2. The highest BCUT2D eigenvalue weighted by Crippen LogP contribution is 2.29. The van der Waals surface area contributed by atoms with E-state index in [1.165, 1.54) is 18.2 Å². The second-order valence-electron chi connectivity index (χ2n) is 5.61. The second-order valence-corrected chi connectivity index (χ2v) is 7.29. The van der Waals surface area contributed by atoms with Crippen LogP contribution in [0.15, 0.2) is 47.4 Å². The Morgan fingerprint density at radius 2 is 1.88 bits per heavy atom. The normalized spacial score (nSPS) is 11.3. The molecule has 7 heteroatoms. The highest BCUT2D eigenvalue weighted by atomic mass is 32.2.